The van der Waals surface area contributed by atoms with Gasteiger partial charge >= 0.3 is 0 Å². The number of nitrogens with one attached hydrogen (secondary N) is 1. The van der Waals surface area contributed by atoms with E-state index in [-0.39, 0.29) is 18.3 Å². The highest BCUT2D eigenvalue weighted by Gasteiger charge is 2.31. The number of carbonyl (C=O) groups excluding carboxylic acids is 1. The summed E-state index contributed by atoms with van der Waals surface area (Å²) in [6.45, 7) is 5.96. The molecule has 5 nitrogen and oxygen atoms in total. The number of hydrogen-bond donors (Lipinski definition) is 1. The highest BCUT2D eigenvalue weighted by atomic mass is 79.9. The van der Waals surface area contributed by atoms with E-state index in [4.69, 9.17) is 4.42 Å². The lowest BCUT2D eigenvalue weighted by Gasteiger charge is -2.32. The molecule has 1 atom stereocenters. The standard InChI is InChI=1S/C13H18BrN3O2.ClH/c14-12-7-10(9-19-12)13(18)17-4-1-11(8-17)16-5-2-15-3-6-16;/h7,9,11,15H,1-6,8H2;1H. The molecule has 2 saturated heterocycles. The van der Waals surface area contributed by atoms with Crippen molar-refractivity contribution < 1.29 is 9.21 Å². The Bertz CT molecular complexity index is 462. The van der Waals surface area contributed by atoms with Gasteiger partial charge in [0, 0.05) is 51.4 Å². The van der Waals surface area contributed by atoms with Gasteiger partial charge in [0.05, 0.1) is 5.56 Å². The Labute approximate surface area is 133 Å². The summed E-state index contributed by atoms with van der Waals surface area (Å²) in [5, 5.41) is 3.36. The second kappa shape index (κ2) is 6.93. The van der Waals surface area contributed by atoms with Crippen LogP contribution in [0, 0.1) is 0 Å². The molecule has 0 bridgehead atoms. The van der Waals surface area contributed by atoms with Crippen LogP contribution in [0.5, 0.6) is 0 Å². The zero-order valence-corrected chi connectivity index (χ0v) is 13.6. The number of furan rings is 1. The molecule has 1 amide bonds. The third-order valence-corrected chi connectivity index (χ3v) is 4.35. The average Bonchev–Trinajstić information content (AvgIpc) is 3.08. The van der Waals surface area contributed by atoms with Crippen molar-refractivity contribution in [3.8, 4) is 0 Å². The second-order valence-corrected chi connectivity index (χ2v) is 5.90. The molecule has 2 fully saturated rings. The number of likely N-dealkylation sites (tertiary alicyclic amines) is 1. The Hall–Kier alpha value is -0.560. The monoisotopic (exact) mass is 363 g/mol. The smallest absolute Gasteiger partial charge is 0.257 e. The second-order valence-electron chi connectivity index (χ2n) is 5.12. The third kappa shape index (κ3) is 3.36. The van der Waals surface area contributed by atoms with E-state index in [1.165, 1.54) is 6.26 Å². The maximum absolute atomic E-state index is 12.3. The van der Waals surface area contributed by atoms with Crippen LogP contribution in [0.1, 0.15) is 16.8 Å². The predicted molar refractivity (Wildman–Crippen MR) is 82.4 cm³/mol. The van der Waals surface area contributed by atoms with E-state index < -0.39 is 0 Å². The first-order valence-corrected chi connectivity index (χ1v) is 7.51. The number of nitrogens with zero attached hydrogens (tertiary/aromatic N) is 2. The van der Waals surface area contributed by atoms with E-state index in [1.807, 2.05) is 4.90 Å². The molecule has 0 radical (unpaired) electrons. The minimum absolute atomic E-state index is 0. The van der Waals surface area contributed by atoms with Gasteiger partial charge in [-0.1, -0.05) is 0 Å². The average molecular weight is 365 g/mol. The van der Waals surface area contributed by atoms with Crippen LogP contribution in [0.25, 0.3) is 0 Å². The molecular weight excluding hydrogens is 346 g/mol. The Balaban J connectivity index is 0.00000147. The van der Waals surface area contributed by atoms with Crippen LogP contribution in [0.2, 0.25) is 0 Å². The maximum atomic E-state index is 12.3. The molecule has 1 aromatic rings. The molecule has 0 saturated carbocycles. The lowest BCUT2D eigenvalue weighted by atomic mass is 10.2. The summed E-state index contributed by atoms with van der Waals surface area (Å²) in [6, 6.07) is 2.25. The first-order chi connectivity index (χ1) is 9.24. The van der Waals surface area contributed by atoms with Crippen LogP contribution in [-0.2, 0) is 0 Å². The summed E-state index contributed by atoms with van der Waals surface area (Å²) >= 11 is 3.23. The fraction of sp³-hybridized carbons (Fsp3) is 0.615. The van der Waals surface area contributed by atoms with Gasteiger partial charge in [-0.2, -0.15) is 0 Å². The van der Waals surface area contributed by atoms with Crippen LogP contribution < -0.4 is 5.32 Å². The van der Waals surface area contributed by atoms with Crippen LogP contribution >= 0.6 is 28.3 Å². The van der Waals surface area contributed by atoms with Gasteiger partial charge < -0.3 is 14.6 Å². The largest absolute Gasteiger partial charge is 0.457 e. The zero-order chi connectivity index (χ0) is 13.2. The molecule has 3 rings (SSSR count). The van der Waals surface area contributed by atoms with Crippen molar-refractivity contribution in [3.63, 3.8) is 0 Å². The Morgan fingerprint density at radius 3 is 2.75 bits per heavy atom. The van der Waals surface area contributed by atoms with Crippen molar-refractivity contribution in [1.29, 1.82) is 0 Å². The van der Waals surface area contributed by atoms with Crippen molar-refractivity contribution in [2.24, 2.45) is 0 Å². The van der Waals surface area contributed by atoms with Crippen molar-refractivity contribution in [3.05, 3.63) is 22.6 Å². The minimum atomic E-state index is 0. The Morgan fingerprint density at radius 1 is 1.35 bits per heavy atom. The van der Waals surface area contributed by atoms with Gasteiger partial charge in [0.25, 0.3) is 5.91 Å². The first kappa shape index (κ1) is 15.8. The maximum Gasteiger partial charge on any atom is 0.257 e. The quantitative estimate of drug-likeness (QED) is 0.866. The SMILES string of the molecule is Cl.O=C(c1coc(Br)c1)N1CCC(N2CCNCC2)C1. The van der Waals surface area contributed by atoms with E-state index in [9.17, 15) is 4.79 Å². The molecule has 112 valence electrons. The zero-order valence-electron chi connectivity index (χ0n) is 11.2. The van der Waals surface area contributed by atoms with Gasteiger partial charge in [0.15, 0.2) is 4.67 Å². The summed E-state index contributed by atoms with van der Waals surface area (Å²) in [6.07, 6.45) is 2.59. The van der Waals surface area contributed by atoms with Gasteiger partial charge in [-0.3, -0.25) is 9.69 Å². The number of hydrogen-bond acceptors (Lipinski definition) is 4. The lowest BCUT2D eigenvalue weighted by molar-refractivity contribution is 0.0773. The van der Waals surface area contributed by atoms with Crippen LogP contribution in [0.3, 0.4) is 0 Å². The van der Waals surface area contributed by atoms with Crippen LogP contribution in [-0.4, -0.2) is 61.0 Å². The normalized spacial score (nSPS) is 23.6. The number of amides is 1. The molecule has 7 heteroatoms. The Morgan fingerprint density at radius 2 is 2.10 bits per heavy atom. The number of carbonyl (C=O) groups is 1. The number of rotatable bonds is 2. The molecule has 0 aromatic carbocycles. The fourth-order valence-electron chi connectivity index (χ4n) is 2.88. The summed E-state index contributed by atoms with van der Waals surface area (Å²) in [5.41, 5.74) is 0.632. The van der Waals surface area contributed by atoms with E-state index in [0.717, 1.165) is 45.7 Å². The summed E-state index contributed by atoms with van der Waals surface area (Å²) < 4.78 is 5.74. The molecule has 20 heavy (non-hydrogen) atoms. The molecule has 1 N–H and O–H groups in total. The van der Waals surface area contributed by atoms with Crippen LogP contribution in [0.4, 0.5) is 0 Å². The Kier molecular flexibility index (Phi) is 5.49. The molecule has 0 spiro atoms. The van der Waals surface area contributed by atoms with E-state index in [1.54, 1.807) is 6.07 Å². The molecule has 2 aliphatic rings. The highest BCUT2D eigenvalue weighted by Crippen LogP contribution is 2.21. The van der Waals surface area contributed by atoms with E-state index in [0.29, 0.717) is 16.3 Å². The molecule has 3 heterocycles. The number of piperazine rings is 1. The van der Waals surface area contributed by atoms with Crippen molar-refractivity contribution >= 4 is 34.2 Å². The molecule has 0 aliphatic carbocycles. The molecule has 1 unspecified atom stereocenters. The van der Waals surface area contributed by atoms with Gasteiger partial charge in [-0.25, -0.2) is 0 Å². The van der Waals surface area contributed by atoms with Crippen molar-refractivity contribution in [2.75, 3.05) is 39.3 Å². The molecule has 1 aromatic heterocycles. The summed E-state index contributed by atoms with van der Waals surface area (Å²) in [4.78, 5) is 16.7. The summed E-state index contributed by atoms with van der Waals surface area (Å²) in [7, 11) is 0. The third-order valence-electron chi connectivity index (χ3n) is 3.93. The topological polar surface area (TPSA) is 48.7 Å². The molecule has 2 aliphatic heterocycles. The van der Waals surface area contributed by atoms with Crippen LogP contribution in [0.15, 0.2) is 21.4 Å². The fourth-order valence-corrected chi connectivity index (χ4v) is 3.22. The highest BCUT2D eigenvalue weighted by molar-refractivity contribution is 9.10. The van der Waals surface area contributed by atoms with Gasteiger partial charge in [-0.05, 0) is 22.4 Å². The van der Waals surface area contributed by atoms with E-state index >= 15 is 0 Å². The van der Waals surface area contributed by atoms with E-state index in [2.05, 4.69) is 26.1 Å². The van der Waals surface area contributed by atoms with Gasteiger partial charge in [0.2, 0.25) is 0 Å². The lowest BCUT2D eigenvalue weighted by Crippen LogP contribution is -2.49. The summed E-state index contributed by atoms with van der Waals surface area (Å²) in [5.74, 6) is 0.0760. The number of halogens is 2. The molecular formula is C13H19BrClN3O2. The van der Waals surface area contributed by atoms with Crippen molar-refractivity contribution in [2.45, 2.75) is 12.5 Å². The van der Waals surface area contributed by atoms with Crippen molar-refractivity contribution in [1.82, 2.24) is 15.1 Å². The van der Waals surface area contributed by atoms with Gasteiger partial charge in [0.1, 0.15) is 6.26 Å². The first-order valence-electron chi connectivity index (χ1n) is 6.72. The minimum Gasteiger partial charge on any atom is -0.457 e. The predicted octanol–water partition coefficient (Wildman–Crippen LogP) is 1.58. The van der Waals surface area contributed by atoms with Gasteiger partial charge in [-0.15, -0.1) is 12.4 Å².